The Hall–Kier alpha value is -0.830. The smallest absolute Gasteiger partial charge is 0.244 e. The number of hydrogen-bond donors (Lipinski definition) is 2. The topological polar surface area (TPSA) is 55.1 Å². The average molecular weight is 156 g/mol. The molecule has 0 aliphatic rings. The molecule has 0 spiro atoms. The quantitative estimate of drug-likeness (QED) is 0.432. The highest BCUT2D eigenvalue weighted by molar-refractivity contribution is 5.91. The number of carbonyl (C=O) groups is 1. The Balaban J connectivity index is 3.25. The minimum Gasteiger partial charge on any atom is -0.366 e. The van der Waals surface area contributed by atoms with Crippen molar-refractivity contribution in [2.24, 2.45) is 5.73 Å². The molecule has 1 amide bonds. The largest absolute Gasteiger partial charge is 0.366 e. The van der Waals surface area contributed by atoms with Gasteiger partial charge >= 0.3 is 0 Å². The van der Waals surface area contributed by atoms with E-state index in [-0.39, 0.29) is 5.91 Å². The van der Waals surface area contributed by atoms with Crippen molar-refractivity contribution in [3.8, 4) is 0 Å². The summed E-state index contributed by atoms with van der Waals surface area (Å²) >= 11 is 0. The van der Waals surface area contributed by atoms with Crippen LogP contribution in [-0.4, -0.2) is 19.0 Å². The molecule has 11 heavy (non-hydrogen) atoms. The third-order valence-electron chi connectivity index (χ3n) is 1.43. The Morgan fingerprint density at radius 1 is 1.64 bits per heavy atom. The summed E-state index contributed by atoms with van der Waals surface area (Å²) in [6, 6.07) is 0. The molecule has 0 aromatic carbocycles. The first-order valence-corrected chi connectivity index (χ1v) is 3.86. The molecule has 64 valence electrons. The predicted octanol–water partition coefficient (Wildman–Crippen LogP) is 0.418. The molecule has 0 radical (unpaired) electrons. The number of hydrogen-bond acceptors (Lipinski definition) is 2. The second-order valence-corrected chi connectivity index (χ2v) is 2.42. The number of primary amides is 1. The van der Waals surface area contributed by atoms with Crippen molar-refractivity contribution < 1.29 is 4.79 Å². The molecule has 3 heteroatoms. The van der Waals surface area contributed by atoms with Crippen LogP contribution in [0.25, 0.3) is 0 Å². The maximum Gasteiger partial charge on any atom is 0.244 e. The van der Waals surface area contributed by atoms with Gasteiger partial charge in [-0.2, -0.15) is 0 Å². The van der Waals surface area contributed by atoms with Crippen LogP contribution in [0.15, 0.2) is 12.2 Å². The lowest BCUT2D eigenvalue weighted by Crippen LogP contribution is -2.17. The summed E-state index contributed by atoms with van der Waals surface area (Å²) in [7, 11) is 0. The second-order valence-electron chi connectivity index (χ2n) is 2.42. The fourth-order valence-electron chi connectivity index (χ4n) is 0.727. The zero-order valence-corrected chi connectivity index (χ0v) is 7.02. The normalized spacial score (nSPS) is 9.55. The van der Waals surface area contributed by atoms with E-state index in [9.17, 15) is 4.79 Å². The molecule has 0 atom stereocenters. The SMILES string of the molecule is C=C(CCCNCC)C(N)=O. The van der Waals surface area contributed by atoms with E-state index in [0.717, 1.165) is 19.5 Å². The Kier molecular flexibility index (Phi) is 5.47. The van der Waals surface area contributed by atoms with E-state index in [2.05, 4.69) is 11.9 Å². The van der Waals surface area contributed by atoms with Crippen molar-refractivity contribution in [3.05, 3.63) is 12.2 Å². The average Bonchev–Trinajstić information content (AvgIpc) is 1.97. The second kappa shape index (κ2) is 5.92. The summed E-state index contributed by atoms with van der Waals surface area (Å²) in [5, 5.41) is 3.15. The molecule has 0 unspecified atom stereocenters. The van der Waals surface area contributed by atoms with Crippen molar-refractivity contribution in [2.75, 3.05) is 13.1 Å². The monoisotopic (exact) mass is 156 g/mol. The van der Waals surface area contributed by atoms with Crippen molar-refractivity contribution in [1.29, 1.82) is 0 Å². The zero-order valence-electron chi connectivity index (χ0n) is 7.02. The van der Waals surface area contributed by atoms with E-state index in [4.69, 9.17) is 5.73 Å². The Morgan fingerprint density at radius 2 is 2.27 bits per heavy atom. The van der Waals surface area contributed by atoms with E-state index < -0.39 is 0 Å². The van der Waals surface area contributed by atoms with E-state index in [1.165, 1.54) is 0 Å². The van der Waals surface area contributed by atoms with Gasteiger partial charge in [-0.1, -0.05) is 13.5 Å². The minimum atomic E-state index is -0.388. The van der Waals surface area contributed by atoms with Crippen molar-refractivity contribution in [2.45, 2.75) is 19.8 Å². The molecule has 0 aliphatic heterocycles. The lowest BCUT2D eigenvalue weighted by atomic mass is 10.1. The summed E-state index contributed by atoms with van der Waals surface area (Å²) in [4.78, 5) is 10.5. The summed E-state index contributed by atoms with van der Waals surface area (Å²) in [5.74, 6) is -0.388. The summed E-state index contributed by atoms with van der Waals surface area (Å²) < 4.78 is 0. The molecule has 0 aromatic heterocycles. The van der Waals surface area contributed by atoms with Crippen LogP contribution in [0.2, 0.25) is 0 Å². The van der Waals surface area contributed by atoms with Crippen LogP contribution < -0.4 is 11.1 Å². The van der Waals surface area contributed by atoms with Crippen molar-refractivity contribution in [3.63, 3.8) is 0 Å². The highest BCUT2D eigenvalue weighted by Crippen LogP contribution is 1.99. The molecular weight excluding hydrogens is 140 g/mol. The Morgan fingerprint density at radius 3 is 2.73 bits per heavy atom. The van der Waals surface area contributed by atoms with Crippen LogP contribution in [0.3, 0.4) is 0 Å². The van der Waals surface area contributed by atoms with Crippen LogP contribution in [0.1, 0.15) is 19.8 Å². The Labute approximate surface area is 67.7 Å². The minimum absolute atomic E-state index is 0.388. The zero-order chi connectivity index (χ0) is 8.69. The molecule has 3 nitrogen and oxygen atoms in total. The summed E-state index contributed by atoms with van der Waals surface area (Å²) in [5.41, 5.74) is 5.51. The molecule has 0 heterocycles. The van der Waals surface area contributed by atoms with E-state index in [1.807, 2.05) is 6.92 Å². The number of nitrogens with one attached hydrogen (secondary N) is 1. The fraction of sp³-hybridized carbons (Fsp3) is 0.625. The maximum absolute atomic E-state index is 10.5. The number of nitrogens with two attached hydrogens (primary N) is 1. The van der Waals surface area contributed by atoms with E-state index in [0.29, 0.717) is 12.0 Å². The first-order chi connectivity index (χ1) is 5.18. The number of amides is 1. The molecular formula is C8H16N2O. The van der Waals surface area contributed by atoms with Gasteiger partial charge in [-0.3, -0.25) is 4.79 Å². The van der Waals surface area contributed by atoms with Crippen LogP contribution >= 0.6 is 0 Å². The lowest BCUT2D eigenvalue weighted by molar-refractivity contribution is -0.114. The van der Waals surface area contributed by atoms with Gasteiger partial charge < -0.3 is 11.1 Å². The van der Waals surface area contributed by atoms with Gasteiger partial charge in [0.1, 0.15) is 0 Å². The van der Waals surface area contributed by atoms with Gasteiger partial charge in [0.25, 0.3) is 0 Å². The van der Waals surface area contributed by atoms with Gasteiger partial charge in [-0.15, -0.1) is 0 Å². The van der Waals surface area contributed by atoms with Crippen molar-refractivity contribution >= 4 is 5.91 Å². The van der Waals surface area contributed by atoms with Gasteiger partial charge in [0, 0.05) is 5.57 Å². The van der Waals surface area contributed by atoms with Crippen LogP contribution in [-0.2, 0) is 4.79 Å². The van der Waals surface area contributed by atoms with E-state index in [1.54, 1.807) is 0 Å². The first-order valence-electron chi connectivity index (χ1n) is 3.86. The standard InChI is InChI=1S/C8H16N2O/c1-3-10-6-4-5-7(2)8(9)11/h10H,2-6H2,1H3,(H2,9,11). The van der Waals surface area contributed by atoms with Crippen molar-refractivity contribution in [1.82, 2.24) is 5.32 Å². The maximum atomic E-state index is 10.5. The first kappa shape index (κ1) is 10.2. The fourth-order valence-corrected chi connectivity index (χ4v) is 0.727. The third kappa shape index (κ3) is 5.61. The van der Waals surface area contributed by atoms with Crippen LogP contribution in [0, 0.1) is 0 Å². The van der Waals surface area contributed by atoms with Crippen LogP contribution in [0.4, 0.5) is 0 Å². The molecule has 0 rings (SSSR count). The van der Waals surface area contributed by atoms with Gasteiger partial charge in [0.05, 0.1) is 0 Å². The molecule has 3 N–H and O–H groups in total. The van der Waals surface area contributed by atoms with Gasteiger partial charge in [-0.25, -0.2) is 0 Å². The molecule has 0 fully saturated rings. The number of carbonyl (C=O) groups excluding carboxylic acids is 1. The highest BCUT2D eigenvalue weighted by Gasteiger charge is 1.99. The number of rotatable bonds is 6. The molecule has 0 saturated heterocycles. The van der Waals surface area contributed by atoms with E-state index >= 15 is 0 Å². The third-order valence-corrected chi connectivity index (χ3v) is 1.43. The Bertz CT molecular complexity index is 143. The van der Waals surface area contributed by atoms with Gasteiger partial charge in [0.2, 0.25) is 5.91 Å². The molecule has 0 saturated carbocycles. The highest BCUT2D eigenvalue weighted by atomic mass is 16.1. The van der Waals surface area contributed by atoms with Gasteiger partial charge in [0.15, 0.2) is 0 Å². The molecule has 0 aliphatic carbocycles. The summed E-state index contributed by atoms with van der Waals surface area (Å²) in [6.07, 6.45) is 1.62. The lowest BCUT2D eigenvalue weighted by Gasteiger charge is -2.01. The van der Waals surface area contributed by atoms with Crippen LogP contribution in [0.5, 0.6) is 0 Å². The molecule has 0 aromatic rings. The molecule has 0 bridgehead atoms. The predicted molar refractivity (Wildman–Crippen MR) is 46.1 cm³/mol. The summed E-state index contributed by atoms with van der Waals surface area (Å²) in [6.45, 7) is 7.47. The van der Waals surface area contributed by atoms with Gasteiger partial charge in [-0.05, 0) is 25.9 Å².